The number of aromatic nitrogens is 1. The van der Waals surface area contributed by atoms with Crippen molar-refractivity contribution in [2.75, 3.05) is 10.0 Å². The minimum Gasteiger partial charge on any atom is -0.354 e. The van der Waals surface area contributed by atoms with Gasteiger partial charge in [-0.1, -0.05) is 6.07 Å². The number of sulfonamides is 1. The summed E-state index contributed by atoms with van der Waals surface area (Å²) in [4.78, 5) is 25.9. The van der Waals surface area contributed by atoms with E-state index in [1.165, 1.54) is 36.7 Å². The Labute approximate surface area is 149 Å². The third kappa shape index (κ3) is 4.89. The van der Waals surface area contributed by atoms with Crippen molar-refractivity contribution in [3.63, 3.8) is 0 Å². The summed E-state index contributed by atoms with van der Waals surface area (Å²) in [5, 5.41) is 14.8. The molecule has 1 heterocycles. The molecule has 1 aromatic carbocycles. The van der Waals surface area contributed by atoms with Gasteiger partial charge in [-0.05, 0) is 26.0 Å². The van der Waals surface area contributed by atoms with Crippen LogP contribution in [-0.2, 0) is 10.0 Å². The third-order valence-corrected chi connectivity index (χ3v) is 4.15. The van der Waals surface area contributed by atoms with Gasteiger partial charge in [-0.2, -0.15) is 8.42 Å². The van der Waals surface area contributed by atoms with Crippen LogP contribution in [0, 0.1) is 10.1 Å². The summed E-state index contributed by atoms with van der Waals surface area (Å²) in [5.74, 6) is 0. The van der Waals surface area contributed by atoms with Crippen LogP contribution in [0.5, 0.6) is 0 Å². The molecule has 0 saturated heterocycles. The molecule has 1 aromatic heterocycles. The molecule has 2 aromatic rings. The van der Waals surface area contributed by atoms with E-state index in [0.717, 1.165) is 0 Å². The van der Waals surface area contributed by atoms with E-state index in [-0.39, 0.29) is 23.1 Å². The fourth-order valence-corrected chi connectivity index (χ4v) is 2.88. The number of benzene rings is 1. The highest BCUT2D eigenvalue weighted by molar-refractivity contribution is 8.07. The number of nitro benzene ring substituents is 1. The van der Waals surface area contributed by atoms with Crippen LogP contribution in [0.1, 0.15) is 13.8 Å². The highest BCUT2D eigenvalue weighted by Gasteiger charge is 2.24. The molecule has 1 amide bonds. The summed E-state index contributed by atoms with van der Waals surface area (Å²) >= 11 is 0. The molecule has 3 N–H and O–H groups in total. The molecule has 0 aliphatic rings. The van der Waals surface area contributed by atoms with Crippen LogP contribution in [0.2, 0.25) is 0 Å². The molecule has 0 radical (unpaired) electrons. The highest BCUT2D eigenvalue weighted by Crippen LogP contribution is 2.27. The average Bonchev–Trinajstić information content (AvgIpc) is 2.56. The molecule has 2 rings (SSSR count). The number of hydrogen-bond acceptors (Lipinski definition) is 7. The molecule has 0 bridgehead atoms. The molecular formula is C15H17N5O5S. The first-order chi connectivity index (χ1) is 12.2. The van der Waals surface area contributed by atoms with E-state index in [2.05, 4.69) is 20.3 Å². The minimum absolute atomic E-state index is 0.0258. The average molecular weight is 379 g/mol. The molecule has 0 aliphatic carbocycles. The Morgan fingerprint density at radius 3 is 2.62 bits per heavy atom. The molecule has 11 heteroatoms. The Balaban J connectivity index is 2.27. The van der Waals surface area contributed by atoms with Crippen LogP contribution in [0.3, 0.4) is 0 Å². The van der Waals surface area contributed by atoms with Crippen LogP contribution in [0.15, 0.2) is 42.7 Å². The molecule has 26 heavy (non-hydrogen) atoms. The van der Waals surface area contributed by atoms with Crippen LogP contribution in [-0.4, -0.2) is 29.6 Å². The number of carbonyl (C=O) groups is 1. The minimum atomic E-state index is -4.33. The second-order valence-electron chi connectivity index (χ2n) is 5.55. The SMILES string of the molecule is CC(C)NC(=O)S(=O)(=O)Nc1cnccc1Nc1cccc([N+](=O)[O-])c1. The number of amides is 1. The topological polar surface area (TPSA) is 143 Å². The highest BCUT2D eigenvalue weighted by atomic mass is 32.2. The van der Waals surface area contributed by atoms with Gasteiger partial charge in [0.25, 0.3) is 5.69 Å². The van der Waals surface area contributed by atoms with Crippen molar-refractivity contribution in [1.29, 1.82) is 0 Å². The van der Waals surface area contributed by atoms with Gasteiger partial charge in [0.2, 0.25) is 0 Å². The molecular weight excluding hydrogens is 362 g/mol. The smallest absolute Gasteiger partial charge is 0.354 e. The van der Waals surface area contributed by atoms with Crippen LogP contribution >= 0.6 is 0 Å². The van der Waals surface area contributed by atoms with E-state index >= 15 is 0 Å². The Morgan fingerprint density at radius 2 is 1.96 bits per heavy atom. The standard InChI is InChI=1S/C15H17N5O5S/c1-10(2)17-15(21)26(24,25)19-14-9-16-7-6-13(14)18-11-4-3-5-12(8-11)20(22)23/h3-10,19H,1-2H3,(H,16,18)(H,17,21). The first-order valence-electron chi connectivity index (χ1n) is 7.48. The largest absolute Gasteiger partial charge is 0.357 e. The zero-order valence-corrected chi connectivity index (χ0v) is 14.8. The van der Waals surface area contributed by atoms with Gasteiger partial charge in [0.1, 0.15) is 0 Å². The van der Waals surface area contributed by atoms with E-state index in [1.807, 2.05) is 0 Å². The lowest BCUT2D eigenvalue weighted by Crippen LogP contribution is -2.37. The maximum Gasteiger partial charge on any atom is 0.357 e. The Hall–Kier alpha value is -3.21. The summed E-state index contributed by atoms with van der Waals surface area (Å²) in [6, 6.07) is 6.81. The second-order valence-corrected chi connectivity index (χ2v) is 7.13. The summed E-state index contributed by atoms with van der Waals surface area (Å²) in [5.41, 5.74) is 0.555. The quantitative estimate of drug-likeness (QED) is 0.517. The lowest BCUT2D eigenvalue weighted by molar-refractivity contribution is -0.384. The number of non-ortho nitro benzene ring substituents is 1. The van der Waals surface area contributed by atoms with Crippen LogP contribution in [0.25, 0.3) is 0 Å². The summed E-state index contributed by atoms with van der Waals surface area (Å²) in [7, 11) is -4.33. The van der Waals surface area contributed by atoms with E-state index in [1.54, 1.807) is 19.9 Å². The lowest BCUT2D eigenvalue weighted by Gasteiger charge is -2.14. The molecule has 10 nitrogen and oxygen atoms in total. The number of nitro groups is 1. The molecule has 0 unspecified atom stereocenters. The Kier molecular flexibility index (Phi) is 5.72. The number of nitrogens with one attached hydrogen (secondary N) is 3. The normalized spacial score (nSPS) is 11.0. The number of nitrogens with zero attached hydrogens (tertiary/aromatic N) is 2. The van der Waals surface area contributed by atoms with Gasteiger partial charge in [0.15, 0.2) is 0 Å². The van der Waals surface area contributed by atoms with E-state index in [4.69, 9.17) is 0 Å². The maximum atomic E-state index is 12.1. The number of rotatable bonds is 6. The van der Waals surface area contributed by atoms with Crippen molar-refractivity contribution in [2.24, 2.45) is 0 Å². The zero-order chi connectivity index (χ0) is 19.3. The van der Waals surface area contributed by atoms with Crippen molar-refractivity contribution in [2.45, 2.75) is 19.9 Å². The summed E-state index contributed by atoms with van der Waals surface area (Å²) in [6.07, 6.45) is 2.63. The molecule has 0 spiro atoms. The Bertz CT molecular complexity index is 930. The van der Waals surface area contributed by atoms with Crippen molar-refractivity contribution in [1.82, 2.24) is 10.3 Å². The predicted octanol–water partition coefficient (Wildman–Crippen LogP) is 2.59. The first-order valence-corrected chi connectivity index (χ1v) is 8.96. The van der Waals surface area contributed by atoms with E-state index in [0.29, 0.717) is 5.69 Å². The Morgan fingerprint density at radius 1 is 1.23 bits per heavy atom. The number of anilines is 3. The first kappa shape index (κ1) is 19.1. The van der Waals surface area contributed by atoms with Crippen molar-refractivity contribution < 1.29 is 18.1 Å². The van der Waals surface area contributed by atoms with Crippen molar-refractivity contribution >= 4 is 38.0 Å². The monoisotopic (exact) mass is 379 g/mol. The van der Waals surface area contributed by atoms with Gasteiger partial charge < -0.3 is 10.6 Å². The fraction of sp³-hybridized carbons (Fsp3) is 0.200. The molecule has 0 saturated carbocycles. The van der Waals surface area contributed by atoms with Crippen LogP contribution < -0.4 is 15.4 Å². The van der Waals surface area contributed by atoms with Gasteiger partial charge in [-0.15, -0.1) is 0 Å². The summed E-state index contributed by atoms with van der Waals surface area (Å²) < 4.78 is 26.4. The van der Waals surface area contributed by atoms with Gasteiger partial charge in [-0.3, -0.25) is 24.6 Å². The third-order valence-electron chi connectivity index (χ3n) is 3.05. The number of hydrogen-bond donors (Lipinski definition) is 3. The van der Waals surface area contributed by atoms with Crippen molar-refractivity contribution in [3.05, 3.63) is 52.8 Å². The molecule has 0 fully saturated rings. The van der Waals surface area contributed by atoms with Gasteiger partial charge in [0, 0.05) is 30.1 Å². The zero-order valence-electron chi connectivity index (χ0n) is 14.0. The summed E-state index contributed by atoms with van der Waals surface area (Å²) in [6.45, 7) is 3.26. The molecule has 0 atom stereocenters. The van der Waals surface area contributed by atoms with Crippen LogP contribution in [0.4, 0.5) is 27.5 Å². The van der Waals surface area contributed by atoms with E-state index < -0.39 is 20.2 Å². The predicted molar refractivity (Wildman–Crippen MR) is 96.8 cm³/mol. The number of pyridine rings is 1. The van der Waals surface area contributed by atoms with Gasteiger partial charge in [-0.25, -0.2) is 0 Å². The molecule has 138 valence electrons. The molecule has 0 aliphatic heterocycles. The lowest BCUT2D eigenvalue weighted by atomic mass is 10.2. The van der Waals surface area contributed by atoms with Crippen molar-refractivity contribution in [3.8, 4) is 0 Å². The maximum absolute atomic E-state index is 12.1. The number of carbonyl (C=O) groups excluding carboxylic acids is 1. The van der Waals surface area contributed by atoms with Gasteiger partial charge >= 0.3 is 15.3 Å². The fourth-order valence-electron chi connectivity index (χ4n) is 1.94. The van der Waals surface area contributed by atoms with Gasteiger partial charge in [0.05, 0.1) is 22.5 Å². The second kappa shape index (κ2) is 7.78. The van der Waals surface area contributed by atoms with E-state index in [9.17, 15) is 23.3 Å².